The lowest BCUT2D eigenvalue weighted by Gasteiger charge is -2.52. The maximum atomic E-state index is 13.3. The van der Waals surface area contributed by atoms with Crippen LogP contribution in [0.5, 0.6) is 0 Å². The molecule has 1 atom stereocenters. The van der Waals surface area contributed by atoms with E-state index in [9.17, 15) is 4.79 Å². The van der Waals surface area contributed by atoms with Crippen LogP contribution in [0.3, 0.4) is 0 Å². The van der Waals surface area contributed by atoms with E-state index >= 15 is 0 Å². The molecule has 1 unspecified atom stereocenters. The van der Waals surface area contributed by atoms with Crippen molar-refractivity contribution in [3.63, 3.8) is 0 Å². The van der Waals surface area contributed by atoms with Crippen LogP contribution in [0, 0.1) is 5.92 Å². The summed E-state index contributed by atoms with van der Waals surface area (Å²) in [6, 6.07) is 20.4. The van der Waals surface area contributed by atoms with E-state index in [1.165, 1.54) is 18.4 Å². The van der Waals surface area contributed by atoms with Gasteiger partial charge in [-0.2, -0.15) is 0 Å². The zero-order valence-electron chi connectivity index (χ0n) is 18.7. The topological polar surface area (TPSA) is 29.5 Å². The van der Waals surface area contributed by atoms with Crippen LogP contribution < -0.4 is 4.90 Å². The third kappa shape index (κ3) is 5.19. The van der Waals surface area contributed by atoms with Crippen molar-refractivity contribution in [1.82, 2.24) is 0 Å². The SMILES string of the molecule is CCCCN(C(=O)OC1CC2CC[N+]1(CC=Cc1ccccc1)CC2)c1ccccc1. The van der Waals surface area contributed by atoms with Gasteiger partial charge in [0.05, 0.1) is 13.1 Å². The van der Waals surface area contributed by atoms with Gasteiger partial charge in [0.1, 0.15) is 6.54 Å². The van der Waals surface area contributed by atoms with E-state index in [1.807, 2.05) is 41.3 Å². The number of ether oxygens (including phenoxy) is 1. The minimum Gasteiger partial charge on any atom is -0.396 e. The van der Waals surface area contributed by atoms with Gasteiger partial charge < -0.3 is 4.74 Å². The fraction of sp³-hybridized carbons (Fsp3) is 0.444. The lowest BCUT2D eigenvalue weighted by Crippen LogP contribution is -2.65. The van der Waals surface area contributed by atoms with Crippen molar-refractivity contribution >= 4 is 17.9 Å². The van der Waals surface area contributed by atoms with Crippen molar-refractivity contribution < 1.29 is 14.0 Å². The summed E-state index contributed by atoms with van der Waals surface area (Å²) in [6.07, 6.45) is 9.72. The fourth-order valence-electron chi connectivity index (χ4n) is 5.02. The summed E-state index contributed by atoms with van der Waals surface area (Å²) in [7, 11) is 0. The molecule has 0 saturated carbocycles. The Morgan fingerprint density at radius 1 is 1.06 bits per heavy atom. The zero-order chi connectivity index (χ0) is 21.5. The second kappa shape index (κ2) is 10.1. The van der Waals surface area contributed by atoms with Crippen LogP contribution in [0.1, 0.15) is 44.6 Å². The first-order valence-corrected chi connectivity index (χ1v) is 11.8. The predicted octanol–water partition coefficient (Wildman–Crippen LogP) is 6.10. The van der Waals surface area contributed by atoms with Crippen molar-refractivity contribution in [2.24, 2.45) is 5.92 Å². The monoisotopic (exact) mass is 419 g/mol. The Balaban J connectivity index is 1.48. The number of para-hydroxylation sites is 1. The van der Waals surface area contributed by atoms with E-state index in [4.69, 9.17) is 4.74 Å². The summed E-state index contributed by atoms with van der Waals surface area (Å²) >= 11 is 0. The molecule has 3 saturated heterocycles. The average Bonchev–Trinajstić information content (AvgIpc) is 2.82. The molecule has 2 aromatic rings. The Morgan fingerprint density at radius 3 is 2.42 bits per heavy atom. The van der Waals surface area contributed by atoms with Gasteiger partial charge in [0, 0.05) is 31.5 Å². The van der Waals surface area contributed by atoms with Crippen LogP contribution in [0.4, 0.5) is 10.5 Å². The summed E-state index contributed by atoms with van der Waals surface area (Å²) < 4.78 is 7.15. The molecule has 4 nitrogen and oxygen atoms in total. The molecule has 3 fully saturated rings. The van der Waals surface area contributed by atoms with Gasteiger partial charge in [-0.1, -0.05) is 68.0 Å². The molecule has 2 bridgehead atoms. The smallest absolute Gasteiger partial charge is 0.396 e. The summed E-state index contributed by atoms with van der Waals surface area (Å²) in [5, 5.41) is 0. The van der Waals surface area contributed by atoms with Gasteiger partial charge >= 0.3 is 6.09 Å². The standard InChI is InChI=1S/C27H35N2O2/c1-2-3-18-28(25-14-8-5-9-15-25)27(30)31-26-22-24-16-20-29(26,21-17-24)19-10-13-23-11-6-4-7-12-23/h4-15,24,26H,2-3,16-22H2,1H3/q+1. The third-order valence-corrected chi connectivity index (χ3v) is 6.95. The van der Waals surface area contributed by atoms with Crippen LogP contribution >= 0.6 is 0 Å². The van der Waals surface area contributed by atoms with E-state index in [0.717, 1.165) is 49.1 Å². The van der Waals surface area contributed by atoms with Crippen LogP contribution in [0.15, 0.2) is 66.7 Å². The maximum Gasteiger partial charge on any atom is 0.418 e. The average molecular weight is 420 g/mol. The third-order valence-electron chi connectivity index (χ3n) is 6.95. The second-order valence-electron chi connectivity index (χ2n) is 9.02. The van der Waals surface area contributed by atoms with Crippen LogP contribution in [-0.2, 0) is 4.74 Å². The predicted molar refractivity (Wildman–Crippen MR) is 127 cm³/mol. The Morgan fingerprint density at radius 2 is 1.74 bits per heavy atom. The van der Waals surface area contributed by atoms with Gasteiger partial charge in [0.2, 0.25) is 6.23 Å². The summed E-state index contributed by atoms with van der Waals surface area (Å²) in [5.74, 6) is 0.691. The number of carbonyl (C=O) groups excluding carboxylic acids is 1. The number of amides is 1. The molecule has 3 heterocycles. The molecule has 4 heteroatoms. The van der Waals surface area contributed by atoms with E-state index in [2.05, 4.69) is 43.3 Å². The zero-order valence-corrected chi connectivity index (χ0v) is 18.7. The second-order valence-corrected chi connectivity index (χ2v) is 9.02. The fourth-order valence-corrected chi connectivity index (χ4v) is 5.02. The largest absolute Gasteiger partial charge is 0.418 e. The van der Waals surface area contributed by atoms with Gasteiger partial charge in [-0.05, 0) is 36.1 Å². The van der Waals surface area contributed by atoms with Crippen molar-refractivity contribution in [3.05, 3.63) is 72.3 Å². The molecular formula is C27H35N2O2+. The van der Waals surface area contributed by atoms with E-state index in [-0.39, 0.29) is 12.3 Å². The maximum absolute atomic E-state index is 13.3. The quantitative estimate of drug-likeness (QED) is 0.484. The van der Waals surface area contributed by atoms with Gasteiger partial charge in [-0.15, -0.1) is 0 Å². The van der Waals surface area contributed by atoms with Gasteiger partial charge in [-0.3, -0.25) is 9.38 Å². The number of quaternary nitrogens is 1. The summed E-state index contributed by atoms with van der Waals surface area (Å²) in [4.78, 5) is 15.1. The lowest BCUT2D eigenvalue weighted by molar-refractivity contribution is -0.979. The molecule has 164 valence electrons. The number of unbranched alkanes of at least 4 members (excludes halogenated alkanes) is 1. The molecule has 31 heavy (non-hydrogen) atoms. The van der Waals surface area contributed by atoms with E-state index < -0.39 is 0 Å². The molecule has 0 radical (unpaired) electrons. The Labute approximate surface area is 186 Å². The highest BCUT2D eigenvalue weighted by Gasteiger charge is 2.49. The van der Waals surface area contributed by atoms with Crippen molar-refractivity contribution in [3.8, 4) is 0 Å². The molecule has 2 aromatic carbocycles. The number of anilines is 1. The first-order valence-electron chi connectivity index (χ1n) is 11.8. The van der Waals surface area contributed by atoms with Crippen molar-refractivity contribution in [1.29, 1.82) is 0 Å². The van der Waals surface area contributed by atoms with Gasteiger partial charge in [-0.25, -0.2) is 4.79 Å². The molecule has 3 aliphatic rings. The first kappa shape index (κ1) is 21.6. The molecule has 0 aromatic heterocycles. The van der Waals surface area contributed by atoms with Gasteiger partial charge in [0.25, 0.3) is 0 Å². The number of nitrogens with zero attached hydrogens (tertiary/aromatic N) is 2. The van der Waals surface area contributed by atoms with Crippen LogP contribution in [-0.4, -0.2) is 43.0 Å². The highest BCUT2D eigenvalue weighted by molar-refractivity contribution is 5.87. The summed E-state index contributed by atoms with van der Waals surface area (Å²) in [5.41, 5.74) is 2.14. The molecule has 1 amide bonds. The van der Waals surface area contributed by atoms with Crippen molar-refractivity contribution in [2.45, 2.75) is 45.3 Å². The molecule has 0 aliphatic carbocycles. The van der Waals surface area contributed by atoms with Crippen molar-refractivity contribution in [2.75, 3.05) is 31.1 Å². The first-order chi connectivity index (χ1) is 15.2. The normalized spacial score (nSPS) is 24.9. The highest BCUT2D eigenvalue weighted by atomic mass is 16.6. The lowest BCUT2D eigenvalue weighted by atomic mass is 9.84. The molecule has 5 rings (SSSR count). The van der Waals surface area contributed by atoms with Crippen LogP contribution in [0.25, 0.3) is 6.08 Å². The highest BCUT2D eigenvalue weighted by Crippen LogP contribution is 2.39. The number of hydrogen-bond acceptors (Lipinski definition) is 2. The Kier molecular flexibility index (Phi) is 7.08. The van der Waals surface area contributed by atoms with E-state index in [0.29, 0.717) is 12.5 Å². The number of benzene rings is 2. The number of piperidine rings is 3. The van der Waals surface area contributed by atoms with E-state index in [1.54, 1.807) is 0 Å². The Hall–Kier alpha value is -2.59. The summed E-state index contributed by atoms with van der Waals surface area (Å²) in [6.45, 7) is 5.97. The minimum atomic E-state index is -0.193. The van der Waals surface area contributed by atoms with Crippen LogP contribution in [0.2, 0.25) is 0 Å². The molecular weight excluding hydrogens is 384 g/mol. The molecule has 0 spiro atoms. The molecule has 0 N–H and O–H groups in total. The number of fused-ring (bicyclic) bond motifs is 3. The minimum absolute atomic E-state index is 0.0479. The molecule has 3 aliphatic heterocycles. The number of carbonyl (C=O) groups is 1. The van der Waals surface area contributed by atoms with Gasteiger partial charge in [0.15, 0.2) is 0 Å². The number of hydrogen-bond donors (Lipinski definition) is 0. The number of rotatable bonds is 8. The Bertz CT molecular complexity index is 857.